The summed E-state index contributed by atoms with van der Waals surface area (Å²) in [7, 11) is -1.98. The van der Waals surface area contributed by atoms with Crippen LogP contribution in [0.25, 0.3) is 0 Å². The van der Waals surface area contributed by atoms with E-state index in [1.54, 1.807) is 0 Å². The highest BCUT2D eigenvalue weighted by atomic mass is 32.2. The largest absolute Gasteiger partial charge is 0.331 e. The molecule has 0 saturated carbocycles. The van der Waals surface area contributed by atoms with Crippen molar-refractivity contribution in [3.05, 3.63) is 11.5 Å². The van der Waals surface area contributed by atoms with Crippen LogP contribution in [0.3, 0.4) is 0 Å². The molecular formula is C9H15N3O2S. The SMILES string of the molecule is CNS(=O)(=O)c1nc(C)n2c1CCCC2. The number of rotatable bonds is 2. The number of fused-ring (bicyclic) bond motifs is 1. The second-order valence-electron chi connectivity index (χ2n) is 3.73. The van der Waals surface area contributed by atoms with E-state index in [2.05, 4.69) is 9.71 Å². The van der Waals surface area contributed by atoms with Crippen LogP contribution in [0.5, 0.6) is 0 Å². The third kappa shape index (κ3) is 1.68. The maximum absolute atomic E-state index is 11.7. The summed E-state index contributed by atoms with van der Waals surface area (Å²) in [6.45, 7) is 2.73. The molecule has 0 atom stereocenters. The van der Waals surface area contributed by atoms with Crippen LogP contribution in [0.4, 0.5) is 0 Å². The molecule has 0 aliphatic carbocycles. The number of nitrogens with one attached hydrogen (secondary N) is 1. The van der Waals surface area contributed by atoms with Gasteiger partial charge in [-0.3, -0.25) is 0 Å². The van der Waals surface area contributed by atoms with Crippen LogP contribution in [0.2, 0.25) is 0 Å². The summed E-state index contributed by atoms with van der Waals surface area (Å²) in [4.78, 5) is 4.15. The Morgan fingerprint density at radius 3 is 2.80 bits per heavy atom. The van der Waals surface area contributed by atoms with Gasteiger partial charge in [-0.05, 0) is 33.2 Å². The number of hydrogen-bond donors (Lipinski definition) is 1. The van der Waals surface area contributed by atoms with Crippen LogP contribution >= 0.6 is 0 Å². The van der Waals surface area contributed by atoms with Crippen LogP contribution in [0.1, 0.15) is 24.4 Å². The Labute approximate surface area is 89.6 Å². The second kappa shape index (κ2) is 3.61. The first kappa shape index (κ1) is 10.6. The van der Waals surface area contributed by atoms with Crippen LogP contribution in [0, 0.1) is 6.92 Å². The van der Waals surface area contributed by atoms with Gasteiger partial charge in [-0.15, -0.1) is 0 Å². The lowest BCUT2D eigenvalue weighted by molar-refractivity contribution is 0.514. The van der Waals surface area contributed by atoms with E-state index in [-0.39, 0.29) is 5.03 Å². The normalized spacial score (nSPS) is 16.4. The Bertz CT molecular complexity index is 476. The smallest absolute Gasteiger partial charge is 0.259 e. The summed E-state index contributed by atoms with van der Waals surface area (Å²) < 4.78 is 27.7. The molecule has 1 aromatic rings. The Hall–Kier alpha value is -0.880. The van der Waals surface area contributed by atoms with E-state index in [1.807, 2.05) is 11.5 Å². The van der Waals surface area contributed by atoms with Gasteiger partial charge in [0.2, 0.25) is 0 Å². The zero-order chi connectivity index (χ0) is 11.1. The summed E-state index contributed by atoms with van der Waals surface area (Å²) in [5.74, 6) is 0.790. The summed E-state index contributed by atoms with van der Waals surface area (Å²) in [5, 5.41) is 0.210. The van der Waals surface area contributed by atoms with Gasteiger partial charge in [-0.1, -0.05) is 0 Å². The van der Waals surface area contributed by atoms with Gasteiger partial charge < -0.3 is 4.57 Å². The Kier molecular flexibility index (Phi) is 2.56. The molecular weight excluding hydrogens is 214 g/mol. The quantitative estimate of drug-likeness (QED) is 0.800. The van der Waals surface area contributed by atoms with E-state index < -0.39 is 10.0 Å². The minimum Gasteiger partial charge on any atom is -0.331 e. The Morgan fingerprint density at radius 1 is 1.40 bits per heavy atom. The van der Waals surface area contributed by atoms with E-state index in [1.165, 1.54) is 7.05 Å². The van der Waals surface area contributed by atoms with Crippen molar-refractivity contribution in [1.29, 1.82) is 0 Å². The van der Waals surface area contributed by atoms with Gasteiger partial charge in [0.25, 0.3) is 10.0 Å². The van der Waals surface area contributed by atoms with E-state index in [9.17, 15) is 8.42 Å². The topological polar surface area (TPSA) is 64.0 Å². The highest BCUT2D eigenvalue weighted by Gasteiger charge is 2.25. The maximum Gasteiger partial charge on any atom is 0.259 e. The predicted octanol–water partition coefficient (Wildman–Crippen LogP) is 0.436. The number of nitrogens with zero attached hydrogens (tertiary/aromatic N) is 2. The fraction of sp³-hybridized carbons (Fsp3) is 0.667. The van der Waals surface area contributed by atoms with Crippen molar-refractivity contribution in [3.63, 3.8) is 0 Å². The van der Waals surface area contributed by atoms with Crippen LogP contribution in [-0.4, -0.2) is 25.0 Å². The average molecular weight is 229 g/mol. The van der Waals surface area contributed by atoms with E-state index in [0.717, 1.165) is 37.3 Å². The number of hydrogen-bond acceptors (Lipinski definition) is 3. The molecule has 1 aliphatic rings. The first-order chi connectivity index (χ1) is 7.06. The molecule has 0 radical (unpaired) electrons. The zero-order valence-corrected chi connectivity index (χ0v) is 9.76. The second-order valence-corrected chi connectivity index (χ2v) is 5.53. The van der Waals surface area contributed by atoms with Crippen LogP contribution < -0.4 is 4.72 Å². The fourth-order valence-electron chi connectivity index (χ4n) is 2.00. The molecule has 0 aromatic carbocycles. The molecule has 1 aromatic heterocycles. The lowest BCUT2D eigenvalue weighted by atomic mass is 10.1. The molecule has 2 rings (SSSR count). The van der Waals surface area contributed by atoms with Gasteiger partial charge in [-0.25, -0.2) is 18.1 Å². The van der Waals surface area contributed by atoms with Gasteiger partial charge in [0.15, 0.2) is 5.03 Å². The number of sulfonamides is 1. The molecule has 6 heteroatoms. The highest BCUT2D eigenvalue weighted by Crippen LogP contribution is 2.23. The maximum atomic E-state index is 11.7. The summed E-state index contributed by atoms with van der Waals surface area (Å²) >= 11 is 0. The van der Waals surface area contributed by atoms with Crippen LogP contribution in [0.15, 0.2) is 5.03 Å². The molecule has 84 valence electrons. The van der Waals surface area contributed by atoms with Gasteiger partial charge in [0.05, 0.1) is 5.69 Å². The number of aryl methyl sites for hydroxylation is 1. The minimum absolute atomic E-state index is 0.210. The molecule has 0 unspecified atom stereocenters. The summed E-state index contributed by atoms with van der Waals surface area (Å²) in [6, 6.07) is 0. The molecule has 0 fully saturated rings. The first-order valence-corrected chi connectivity index (χ1v) is 6.54. The first-order valence-electron chi connectivity index (χ1n) is 5.06. The molecule has 0 bridgehead atoms. The van der Waals surface area contributed by atoms with Crippen molar-refractivity contribution in [1.82, 2.24) is 14.3 Å². The summed E-state index contributed by atoms with van der Waals surface area (Å²) in [6.07, 6.45) is 2.94. The molecule has 1 N–H and O–H groups in total. The van der Waals surface area contributed by atoms with Crippen molar-refractivity contribution >= 4 is 10.0 Å². The summed E-state index contributed by atoms with van der Waals surface area (Å²) in [5.41, 5.74) is 0.855. The third-order valence-corrected chi connectivity index (χ3v) is 4.17. The van der Waals surface area contributed by atoms with E-state index >= 15 is 0 Å². The van der Waals surface area contributed by atoms with E-state index in [4.69, 9.17) is 0 Å². The average Bonchev–Trinajstić information content (AvgIpc) is 2.58. The highest BCUT2D eigenvalue weighted by molar-refractivity contribution is 7.89. The predicted molar refractivity (Wildman–Crippen MR) is 56.1 cm³/mol. The Morgan fingerprint density at radius 2 is 2.13 bits per heavy atom. The monoisotopic (exact) mass is 229 g/mol. The Balaban J connectivity index is 2.59. The lowest BCUT2D eigenvalue weighted by Gasteiger charge is -2.16. The zero-order valence-electron chi connectivity index (χ0n) is 8.95. The molecule has 5 nitrogen and oxygen atoms in total. The van der Waals surface area contributed by atoms with Crippen molar-refractivity contribution in [2.75, 3.05) is 7.05 Å². The third-order valence-electron chi connectivity index (χ3n) is 2.80. The molecule has 0 spiro atoms. The molecule has 1 aliphatic heterocycles. The minimum atomic E-state index is -3.40. The lowest BCUT2D eigenvalue weighted by Crippen LogP contribution is -2.22. The van der Waals surface area contributed by atoms with Crippen molar-refractivity contribution in [2.24, 2.45) is 0 Å². The molecule has 0 saturated heterocycles. The van der Waals surface area contributed by atoms with Gasteiger partial charge in [0, 0.05) is 6.54 Å². The molecule has 0 amide bonds. The number of imidazole rings is 1. The number of aromatic nitrogens is 2. The fourth-order valence-corrected chi connectivity index (χ4v) is 2.96. The standard InChI is InChI=1S/C9H15N3O2S/c1-7-11-9(15(13,14)10-2)8-5-3-4-6-12(7)8/h10H,3-6H2,1-2H3. The molecule has 2 heterocycles. The van der Waals surface area contributed by atoms with Crippen molar-refractivity contribution in [3.8, 4) is 0 Å². The van der Waals surface area contributed by atoms with Crippen molar-refractivity contribution < 1.29 is 8.42 Å². The van der Waals surface area contributed by atoms with Gasteiger partial charge in [-0.2, -0.15) is 0 Å². The molecule has 15 heavy (non-hydrogen) atoms. The van der Waals surface area contributed by atoms with Gasteiger partial charge >= 0.3 is 0 Å². The van der Waals surface area contributed by atoms with E-state index in [0.29, 0.717) is 0 Å². The van der Waals surface area contributed by atoms with Crippen LogP contribution in [-0.2, 0) is 23.0 Å². The van der Waals surface area contributed by atoms with Crippen molar-refractivity contribution in [2.45, 2.75) is 37.8 Å². The van der Waals surface area contributed by atoms with Gasteiger partial charge in [0.1, 0.15) is 5.82 Å².